The molecule has 4 rings (SSSR count). The highest BCUT2D eigenvalue weighted by molar-refractivity contribution is 6.69. The molecule has 1 saturated heterocycles. The summed E-state index contributed by atoms with van der Waals surface area (Å²) in [6, 6.07) is 0. The molecule has 3 nitrogen and oxygen atoms in total. The first-order valence-electron chi connectivity index (χ1n) is 9.58. The molecule has 0 aromatic rings. The van der Waals surface area contributed by atoms with Gasteiger partial charge in [-0.25, -0.2) is 0 Å². The first kappa shape index (κ1) is 17.0. The Kier molecular flexibility index (Phi) is 3.92. The third kappa shape index (κ3) is 2.85. The van der Waals surface area contributed by atoms with E-state index in [0.29, 0.717) is 5.92 Å². The normalized spacial score (nSPS) is 43.6. The number of hydrogen-bond donors (Lipinski definition) is 0. The van der Waals surface area contributed by atoms with Crippen LogP contribution in [-0.4, -0.2) is 32.4 Å². The van der Waals surface area contributed by atoms with E-state index >= 15 is 0 Å². The van der Waals surface area contributed by atoms with Crippen molar-refractivity contribution in [2.75, 3.05) is 0 Å². The smallest absolute Gasteiger partial charge is 0.184 e. The van der Waals surface area contributed by atoms with E-state index in [1.165, 1.54) is 24.8 Å². The first-order chi connectivity index (χ1) is 11.2. The van der Waals surface area contributed by atoms with Crippen LogP contribution < -0.4 is 0 Å². The zero-order valence-corrected chi connectivity index (χ0v) is 16.8. The fraction of sp³-hybridized carbons (Fsp3) is 0.800. The Morgan fingerprint density at radius 3 is 2.75 bits per heavy atom. The molecule has 4 heteroatoms. The lowest BCUT2D eigenvalue weighted by Crippen LogP contribution is -2.48. The lowest BCUT2D eigenvalue weighted by Gasteiger charge is -2.44. The molecule has 4 aliphatic rings. The van der Waals surface area contributed by atoms with Crippen molar-refractivity contribution in [1.82, 2.24) is 0 Å². The molecule has 3 aliphatic carbocycles. The number of hydrogen-bond acceptors (Lipinski definition) is 3. The van der Waals surface area contributed by atoms with E-state index in [1.54, 1.807) is 0 Å². The summed E-state index contributed by atoms with van der Waals surface area (Å²) in [4.78, 5) is 0. The molecule has 5 atom stereocenters. The van der Waals surface area contributed by atoms with Gasteiger partial charge in [-0.05, 0) is 65.1 Å². The average molecular weight is 349 g/mol. The molecule has 24 heavy (non-hydrogen) atoms. The van der Waals surface area contributed by atoms with Crippen molar-refractivity contribution in [3.63, 3.8) is 0 Å². The number of rotatable bonds is 2. The molecule has 134 valence electrons. The van der Waals surface area contributed by atoms with Crippen LogP contribution in [0.25, 0.3) is 0 Å². The van der Waals surface area contributed by atoms with Crippen LogP contribution in [0.4, 0.5) is 0 Å². The molecule has 0 aromatic carbocycles. The molecule has 1 aliphatic heterocycles. The minimum atomic E-state index is -1.61. The van der Waals surface area contributed by atoms with Crippen molar-refractivity contribution in [2.24, 2.45) is 11.3 Å². The van der Waals surface area contributed by atoms with E-state index in [4.69, 9.17) is 13.9 Å². The quantitative estimate of drug-likeness (QED) is 0.671. The van der Waals surface area contributed by atoms with Crippen LogP contribution in [0.5, 0.6) is 0 Å². The molecular formula is C20H32O3Si. The Hall–Kier alpha value is -0.423. The van der Waals surface area contributed by atoms with Crippen molar-refractivity contribution in [3.8, 4) is 0 Å². The van der Waals surface area contributed by atoms with E-state index in [1.807, 2.05) is 0 Å². The standard InChI is InChI=1S/C20H32O3Si/c1-19(2)21-16-12-14-8-6-10-17(23-24(3,4)5)20(13-14)11-7-9-15(20)18(16)22-19/h6,8,10,15-18H,7,9,11-13H2,1-5H3/t15-,16+,17-,18-,20+/m1/s1. The fourth-order valence-electron chi connectivity index (χ4n) is 5.55. The molecule has 0 radical (unpaired) electrons. The summed E-state index contributed by atoms with van der Waals surface area (Å²) < 4.78 is 19.5. The van der Waals surface area contributed by atoms with Crippen LogP contribution in [0, 0.1) is 11.3 Å². The minimum absolute atomic E-state index is 0.197. The van der Waals surface area contributed by atoms with Gasteiger partial charge in [-0.15, -0.1) is 0 Å². The zero-order chi connectivity index (χ0) is 17.2. The van der Waals surface area contributed by atoms with Gasteiger partial charge in [0, 0.05) is 5.41 Å². The van der Waals surface area contributed by atoms with Gasteiger partial charge in [-0.1, -0.05) is 30.2 Å². The maximum atomic E-state index is 6.73. The number of fused-ring (bicyclic) bond motifs is 3. The second-order valence-electron chi connectivity index (χ2n) is 9.61. The van der Waals surface area contributed by atoms with Crippen LogP contribution in [-0.2, 0) is 13.9 Å². The van der Waals surface area contributed by atoms with Gasteiger partial charge in [0.25, 0.3) is 0 Å². The Balaban J connectivity index is 1.75. The highest BCUT2D eigenvalue weighted by Gasteiger charge is 2.59. The van der Waals surface area contributed by atoms with Gasteiger partial charge < -0.3 is 13.9 Å². The maximum absolute atomic E-state index is 6.73. The van der Waals surface area contributed by atoms with Gasteiger partial charge in [0.1, 0.15) is 0 Å². The van der Waals surface area contributed by atoms with Crippen molar-refractivity contribution >= 4 is 8.32 Å². The summed E-state index contributed by atoms with van der Waals surface area (Å²) in [5.41, 5.74) is 1.72. The molecule has 1 spiro atoms. The van der Waals surface area contributed by atoms with Crippen LogP contribution in [0.1, 0.15) is 46.0 Å². The van der Waals surface area contributed by atoms with Crippen LogP contribution in [0.3, 0.4) is 0 Å². The van der Waals surface area contributed by atoms with E-state index in [-0.39, 0.29) is 23.7 Å². The zero-order valence-electron chi connectivity index (χ0n) is 15.8. The highest BCUT2D eigenvalue weighted by Crippen LogP contribution is 2.59. The van der Waals surface area contributed by atoms with Gasteiger partial charge in [-0.3, -0.25) is 0 Å². The Morgan fingerprint density at radius 1 is 1.21 bits per heavy atom. The third-order valence-electron chi connectivity index (χ3n) is 6.20. The second-order valence-corrected chi connectivity index (χ2v) is 14.1. The molecular weight excluding hydrogens is 316 g/mol. The van der Waals surface area contributed by atoms with Gasteiger partial charge in [0.2, 0.25) is 0 Å². The highest BCUT2D eigenvalue weighted by atomic mass is 28.4. The first-order valence-corrected chi connectivity index (χ1v) is 13.0. The van der Waals surface area contributed by atoms with Gasteiger partial charge >= 0.3 is 0 Å². The van der Waals surface area contributed by atoms with Gasteiger partial charge in [0.05, 0.1) is 18.3 Å². The SMILES string of the molecule is CC1(C)O[C@H]2[C@H](CC3=CC=C[C@@H](O[Si](C)(C)C)[C@@]4(CCC[C@H]24)C3)O1. The minimum Gasteiger partial charge on any atom is -0.411 e. The number of ether oxygens (including phenoxy) is 2. The number of allylic oxidation sites excluding steroid dienone is 2. The topological polar surface area (TPSA) is 27.7 Å². The van der Waals surface area contributed by atoms with Crippen LogP contribution in [0.2, 0.25) is 19.6 Å². The Bertz CT molecular complexity index is 574. The Morgan fingerprint density at radius 2 is 2.00 bits per heavy atom. The van der Waals surface area contributed by atoms with E-state index in [0.717, 1.165) is 12.8 Å². The summed E-state index contributed by atoms with van der Waals surface area (Å²) in [7, 11) is -1.61. The van der Waals surface area contributed by atoms with Gasteiger partial charge in [-0.2, -0.15) is 0 Å². The predicted octanol–water partition coefficient (Wildman–Crippen LogP) is 4.80. The molecule has 0 N–H and O–H groups in total. The second kappa shape index (κ2) is 5.54. The van der Waals surface area contributed by atoms with Crippen LogP contribution in [0.15, 0.2) is 23.8 Å². The average Bonchev–Trinajstić information content (AvgIpc) is 2.89. The van der Waals surface area contributed by atoms with Gasteiger partial charge in [0.15, 0.2) is 14.1 Å². The predicted molar refractivity (Wildman–Crippen MR) is 98.3 cm³/mol. The summed E-state index contributed by atoms with van der Waals surface area (Å²) >= 11 is 0. The maximum Gasteiger partial charge on any atom is 0.184 e. The summed E-state index contributed by atoms with van der Waals surface area (Å²) in [6.45, 7) is 11.0. The van der Waals surface area contributed by atoms with E-state index in [9.17, 15) is 0 Å². The largest absolute Gasteiger partial charge is 0.411 e. The summed E-state index contributed by atoms with van der Waals surface area (Å²) in [6.07, 6.45) is 13.5. The molecule has 0 amide bonds. The summed E-state index contributed by atoms with van der Waals surface area (Å²) in [5, 5.41) is 0. The van der Waals surface area contributed by atoms with Crippen molar-refractivity contribution in [1.29, 1.82) is 0 Å². The monoisotopic (exact) mass is 348 g/mol. The van der Waals surface area contributed by atoms with Crippen molar-refractivity contribution < 1.29 is 13.9 Å². The van der Waals surface area contributed by atoms with E-state index in [2.05, 4.69) is 51.7 Å². The Labute approximate surface area is 147 Å². The molecule has 1 heterocycles. The third-order valence-corrected chi connectivity index (χ3v) is 7.16. The lowest BCUT2D eigenvalue weighted by atomic mass is 9.69. The van der Waals surface area contributed by atoms with Crippen molar-refractivity contribution in [2.45, 2.75) is 89.7 Å². The summed E-state index contributed by atoms with van der Waals surface area (Å²) in [5.74, 6) is 0.0854. The lowest BCUT2D eigenvalue weighted by molar-refractivity contribution is -0.158. The molecule has 0 aromatic heterocycles. The molecule has 0 unspecified atom stereocenters. The van der Waals surface area contributed by atoms with E-state index < -0.39 is 14.1 Å². The van der Waals surface area contributed by atoms with Crippen molar-refractivity contribution in [3.05, 3.63) is 23.8 Å². The fourth-order valence-corrected chi connectivity index (χ4v) is 6.63. The molecule has 3 fully saturated rings. The molecule has 2 saturated carbocycles. The van der Waals surface area contributed by atoms with Crippen LogP contribution >= 0.6 is 0 Å². The molecule has 2 bridgehead atoms.